The smallest absolute Gasteiger partial charge is 0.419 e. The molecule has 0 radical (unpaired) electrons. The number of primary amides is 1. The van der Waals surface area contributed by atoms with E-state index >= 15 is 0 Å². The van der Waals surface area contributed by atoms with Gasteiger partial charge in [0, 0.05) is 30.4 Å². The normalized spacial score (nSPS) is 10.8. The molecule has 14 nitrogen and oxygen atoms in total. The molecule has 0 aliphatic rings. The fraction of sp³-hybridized carbons (Fsp3) is 0.158. The molecule has 0 unspecified atom stereocenters. The summed E-state index contributed by atoms with van der Waals surface area (Å²) >= 11 is 0. The first-order valence-corrected chi connectivity index (χ1v) is 15.9. The van der Waals surface area contributed by atoms with Gasteiger partial charge in [0.05, 0.1) is 48.1 Å². The second-order valence-electron chi connectivity index (χ2n) is 11.2. The molecule has 0 saturated carbocycles. The van der Waals surface area contributed by atoms with Gasteiger partial charge in [0.15, 0.2) is 0 Å². The van der Waals surface area contributed by atoms with E-state index in [1.54, 1.807) is 97.9 Å². The Kier molecular flexibility index (Phi) is 11.3. The van der Waals surface area contributed by atoms with Gasteiger partial charge in [-0.3, -0.25) is 14.6 Å². The van der Waals surface area contributed by atoms with Crippen LogP contribution in [0.4, 0.5) is 32.3 Å². The number of esters is 1. The minimum Gasteiger partial charge on any atom is -0.506 e. The van der Waals surface area contributed by atoms with Crippen molar-refractivity contribution in [3.05, 3.63) is 114 Å². The molecular formula is C38H35N5O9. The summed E-state index contributed by atoms with van der Waals surface area (Å²) in [5.41, 5.74) is 8.28. The molecule has 266 valence electrons. The van der Waals surface area contributed by atoms with Gasteiger partial charge in [-0.05, 0) is 73.2 Å². The largest absolute Gasteiger partial charge is 0.506 e. The summed E-state index contributed by atoms with van der Waals surface area (Å²) in [6, 6.07) is 25.8. The molecule has 14 heteroatoms. The van der Waals surface area contributed by atoms with Gasteiger partial charge in [0.1, 0.15) is 23.9 Å². The Hall–Kier alpha value is -6.96. The van der Waals surface area contributed by atoms with Crippen molar-refractivity contribution in [1.29, 1.82) is 0 Å². The Labute approximate surface area is 298 Å². The zero-order valence-corrected chi connectivity index (χ0v) is 28.7. The van der Waals surface area contributed by atoms with Gasteiger partial charge in [-0.25, -0.2) is 14.4 Å². The minimum atomic E-state index is -0.770. The van der Waals surface area contributed by atoms with E-state index in [1.807, 2.05) is 0 Å². The number of benzene rings is 5. The molecule has 0 bridgehead atoms. The molecule has 0 heterocycles. The number of phenols is 1. The Balaban J connectivity index is 1.19. The monoisotopic (exact) mass is 705 g/mol. The average molecular weight is 706 g/mol. The predicted molar refractivity (Wildman–Crippen MR) is 193 cm³/mol. The highest BCUT2D eigenvalue weighted by Gasteiger charge is 2.21. The Morgan fingerprint density at radius 2 is 1.48 bits per heavy atom. The lowest BCUT2D eigenvalue weighted by Crippen LogP contribution is -2.31. The van der Waals surface area contributed by atoms with Crippen molar-refractivity contribution >= 4 is 57.6 Å². The van der Waals surface area contributed by atoms with Crippen LogP contribution in [-0.2, 0) is 16.1 Å². The third-order valence-electron chi connectivity index (χ3n) is 7.96. The van der Waals surface area contributed by atoms with Crippen LogP contribution >= 0.6 is 0 Å². The number of anilines is 2. The number of fused-ring (bicyclic) bond motifs is 1. The summed E-state index contributed by atoms with van der Waals surface area (Å²) in [7, 11) is 4.30. The maximum absolute atomic E-state index is 13.2. The van der Waals surface area contributed by atoms with Crippen molar-refractivity contribution in [3.63, 3.8) is 0 Å². The van der Waals surface area contributed by atoms with Gasteiger partial charge in [-0.1, -0.05) is 30.3 Å². The molecule has 3 amide bonds. The zero-order valence-electron chi connectivity index (χ0n) is 28.7. The molecule has 5 aromatic carbocycles. The second kappa shape index (κ2) is 16.2. The summed E-state index contributed by atoms with van der Waals surface area (Å²) in [5, 5.41) is 19.8. The number of rotatable bonds is 11. The van der Waals surface area contributed by atoms with Crippen molar-refractivity contribution in [3.8, 4) is 17.2 Å². The lowest BCUT2D eigenvalue weighted by Gasteiger charge is -2.22. The Morgan fingerprint density at radius 3 is 2.13 bits per heavy atom. The summed E-state index contributed by atoms with van der Waals surface area (Å²) in [6.07, 6.45) is -1.30. The van der Waals surface area contributed by atoms with Gasteiger partial charge in [0.25, 0.3) is 5.91 Å². The molecule has 5 rings (SSSR count). The summed E-state index contributed by atoms with van der Waals surface area (Å²) in [6.45, 7) is 2.03. The highest BCUT2D eigenvalue weighted by atomic mass is 16.6. The molecule has 0 spiro atoms. The number of azo groups is 1. The van der Waals surface area contributed by atoms with E-state index in [9.17, 15) is 24.3 Å². The number of nitrogens with two attached hydrogens (primary N) is 1. The number of aromatic hydroxyl groups is 1. The van der Waals surface area contributed by atoms with Crippen LogP contribution in [0.3, 0.4) is 0 Å². The highest BCUT2D eigenvalue weighted by Crippen LogP contribution is 2.35. The molecule has 0 aliphatic carbocycles. The molecular weight excluding hydrogens is 670 g/mol. The van der Waals surface area contributed by atoms with E-state index in [4.69, 9.17) is 24.7 Å². The minimum absolute atomic E-state index is 0.0280. The SMILES string of the molecule is CCN(C(=O)OCc1ccc(OC(=O)N(C)c2cccc3c(O)c(C(N)=O)ccc23)cc1)c1ccc(N=Nc2ccc(C(=O)OC)cc2)cc1OC. The van der Waals surface area contributed by atoms with Crippen molar-refractivity contribution in [2.75, 3.05) is 37.6 Å². The van der Waals surface area contributed by atoms with Crippen LogP contribution in [-0.4, -0.2) is 57.0 Å². The van der Waals surface area contributed by atoms with E-state index in [0.717, 1.165) is 0 Å². The van der Waals surface area contributed by atoms with Gasteiger partial charge >= 0.3 is 18.2 Å². The van der Waals surface area contributed by atoms with Crippen LogP contribution in [0.1, 0.15) is 33.2 Å². The van der Waals surface area contributed by atoms with E-state index in [1.165, 1.54) is 37.1 Å². The van der Waals surface area contributed by atoms with Crippen LogP contribution in [0.5, 0.6) is 17.2 Å². The number of nitrogens with zero attached hydrogens (tertiary/aromatic N) is 4. The maximum Gasteiger partial charge on any atom is 0.419 e. The van der Waals surface area contributed by atoms with E-state index in [-0.39, 0.29) is 30.2 Å². The third-order valence-corrected chi connectivity index (χ3v) is 7.96. The number of hydrogen-bond acceptors (Lipinski definition) is 11. The van der Waals surface area contributed by atoms with Gasteiger partial charge in [-0.2, -0.15) is 10.2 Å². The van der Waals surface area contributed by atoms with Crippen molar-refractivity contribution in [2.45, 2.75) is 13.5 Å². The molecule has 0 saturated heterocycles. The third kappa shape index (κ3) is 8.08. The first-order valence-electron chi connectivity index (χ1n) is 15.9. The molecule has 5 aromatic rings. The lowest BCUT2D eigenvalue weighted by molar-refractivity contribution is 0.0600. The number of carbonyl (C=O) groups is 4. The highest BCUT2D eigenvalue weighted by molar-refractivity contribution is 6.08. The molecule has 0 aromatic heterocycles. The zero-order chi connectivity index (χ0) is 37.4. The summed E-state index contributed by atoms with van der Waals surface area (Å²) < 4.78 is 21.4. The van der Waals surface area contributed by atoms with E-state index in [2.05, 4.69) is 10.2 Å². The Morgan fingerprint density at radius 1 is 0.788 bits per heavy atom. The lowest BCUT2D eigenvalue weighted by atomic mass is 10.0. The Bertz CT molecular complexity index is 2150. The second-order valence-corrected chi connectivity index (χ2v) is 11.2. The van der Waals surface area contributed by atoms with Crippen LogP contribution < -0.4 is 25.0 Å². The molecule has 0 fully saturated rings. The summed E-state index contributed by atoms with van der Waals surface area (Å²) in [4.78, 5) is 52.2. The first kappa shape index (κ1) is 36.3. The molecule has 52 heavy (non-hydrogen) atoms. The number of ether oxygens (including phenoxy) is 4. The van der Waals surface area contributed by atoms with Crippen LogP contribution in [0, 0.1) is 0 Å². The van der Waals surface area contributed by atoms with Crippen molar-refractivity contribution in [2.24, 2.45) is 16.0 Å². The quantitative estimate of drug-likeness (QED) is 0.103. The topological polar surface area (TPSA) is 183 Å². The predicted octanol–water partition coefficient (Wildman–Crippen LogP) is 7.65. The number of carbonyl (C=O) groups excluding carboxylic acids is 4. The van der Waals surface area contributed by atoms with Crippen LogP contribution in [0.25, 0.3) is 10.8 Å². The van der Waals surface area contributed by atoms with Gasteiger partial charge < -0.3 is 29.8 Å². The average Bonchev–Trinajstić information content (AvgIpc) is 3.16. The van der Waals surface area contributed by atoms with Gasteiger partial charge in [-0.15, -0.1) is 0 Å². The molecule has 0 atom stereocenters. The maximum atomic E-state index is 13.2. The fourth-order valence-electron chi connectivity index (χ4n) is 5.21. The van der Waals surface area contributed by atoms with Gasteiger partial charge in [0.2, 0.25) is 0 Å². The van der Waals surface area contributed by atoms with Crippen LogP contribution in [0.2, 0.25) is 0 Å². The number of methoxy groups -OCH3 is 2. The van der Waals surface area contributed by atoms with Crippen LogP contribution in [0.15, 0.2) is 107 Å². The molecule has 0 aliphatic heterocycles. The van der Waals surface area contributed by atoms with E-state index < -0.39 is 24.1 Å². The standard InChI is InChI=1S/C38H35N5O9/c1-5-43(32-20-15-26(21-33(32)49-3)41-40-25-13-11-24(12-14-25)36(46)50-4)38(48)51-22-23-9-16-27(17-10-23)52-37(47)42(2)31-8-6-7-29-28(31)18-19-30(34(29)44)35(39)45/h6-21,44H,5,22H2,1-4H3,(H2,39,45). The number of hydrogen-bond donors (Lipinski definition) is 2. The molecule has 3 N–H and O–H groups in total. The van der Waals surface area contributed by atoms with Crippen molar-refractivity contribution in [1.82, 2.24) is 0 Å². The summed E-state index contributed by atoms with van der Waals surface area (Å²) in [5.74, 6) is -0.863. The number of amides is 3. The van der Waals surface area contributed by atoms with Crippen molar-refractivity contribution < 1.29 is 43.2 Å². The fourth-order valence-corrected chi connectivity index (χ4v) is 5.21. The van der Waals surface area contributed by atoms with E-state index in [0.29, 0.717) is 50.4 Å². The first-order chi connectivity index (χ1) is 25.0.